The monoisotopic (exact) mass is 254 g/mol. The normalized spacial score (nSPS) is 32.3. The number of rotatable bonds is 2. The maximum Gasteiger partial charge on any atom is 0.228 e. The molecule has 1 saturated heterocycles. The van der Waals surface area contributed by atoms with Gasteiger partial charge < -0.3 is 15.4 Å². The van der Waals surface area contributed by atoms with Gasteiger partial charge in [-0.2, -0.15) is 0 Å². The van der Waals surface area contributed by atoms with Gasteiger partial charge in [0.2, 0.25) is 5.91 Å². The highest BCUT2D eigenvalue weighted by Gasteiger charge is 2.40. The second-order valence-electron chi connectivity index (χ2n) is 6.14. The molecule has 2 aliphatic rings. The molecule has 0 aromatic carbocycles. The third kappa shape index (κ3) is 2.86. The summed E-state index contributed by atoms with van der Waals surface area (Å²) in [5, 5.41) is 0. The van der Waals surface area contributed by atoms with E-state index in [2.05, 4.69) is 6.92 Å². The molecule has 18 heavy (non-hydrogen) atoms. The van der Waals surface area contributed by atoms with E-state index in [1.165, 1.54) is 19.3 Å². The Morgan fingerprint density at radius 3 is 2.61 bits per heavy atom. The third-order valence-corrected chi connectivity index (χ3v) is 4.35. The largest absolute Gasteiger partial charge is 0.370 e. The van der Waals surface area contributed by atoms with Gasteiger partial charge in [0, 0.05) is 25.0 Å². The molecule has 2 rings (SSSR count). The van der Waals surface area contributed by atoms with Crippen molar-refractivity contribution in [3.05, 3.63) is 0 Å². The first-order chi connectivity index (χ1) is 8.55. The van der Waals surface area contributed by atoms with Crippen LogP contribution in [0.4, 0.5) is 0 Å². The fourth-order valence-corrected chi connectivity index (χ4v) is 3.27. The Bertz CT molecular complexity index is 300. The fourth-order valence-electron chi connectivity index (χ4n) is 3.27. The highest BCUT2D eigenvalue weighted by Crippen LogP contribution is 2.37. The van der Waals surface area contributed by atoms with Crippen molar-refractivity contribution < 1.29 is 9.53 Å². The van der Waals surface area contributed by atoms with Gasteiger partial charge in [-0.3, -0.25) is 4.79 Å². The van der Waals surface area contributed by atoms with Crippen molar-refractivity contribution >= 4 is 5.91 Å². The van der Waals surface area contributed by atoms with Crippen LogP contribution in [0.5, 0.6) is 0 Å². The molecule has 2 fully saturated rings. The van der Waals surface area contributed by atoms with Gasteiger partial charge in [-0.05, 0) is 19.8 Å². The Morgan fingerprint density at radius 2 is 2.00 bits per heavy atom. The molecule has 1 heterocycles. The van der Waals surface area contributed by atoms with Gasteiger partial charge in [0.15, 0.2) is 0 Å². The summed E-state index contributed by atoms with van der Waals surface area (Å²) in [7, 11) is 0. The smallest absolute Gasteiger partial charge is 0.228 e. The molecule has 1 saturated carbocycles. The standard InChI is InChI=1S/C14H26N2O2/c1-11-9-16(10-12(8-15)18-11)13(17)14(2)6-4-3-5-7-14/h11-12H,3-10,15H2,1-2H3. The minimum atomic E-state index is -0.144. The lowest BCUT2D eigenvalue weighted by Gasteiger charge is -2.42. The molecule has 0 spiro atoms. The van der Waals surface area contributed by atoms with Gasteiger partial charge in [-0.25, -0.2) is 0 Å². The van der Waals surface area contributed by atoms with E-state index in [4.69, 9.17) is 10.5 Å². The summed E-state index contributed by atoms with van der Waals surface area (Å²) in [5.41, 5.74) is 5.53. The summed E-state index contributed by atoms with van der Waals surface area (Å²) in [4.78, 5) is 14.7. The van der Waals surface area contributed by atoms with Crippen LogP contribution in [0.2, 0.25) is 0 Å². The second kappa shape index (κ2) is 5.57. The Labute approximate surface area is 110 Å². The molecule has 1 aliphatic carbocycles. The van der Waals surface area contributed by atoms with E-state index in [1.807, 2.05) is 11.8 Å². The zero-order valence-electron chi connectivity index (χ0n) is 11.7. The van der Waals surface area contributed by atoms with Crippen LogP contribution < -0.4 is 5.73 Å². The van der Waals surface area contributed by atoms with Gasteiger partial charge in [-0.1, -0.05) is 26.2 Å². The highest BCUT2D eigenvalue weighted by molar-refractivity contribution is 5.82. The molecule has 104 valence electrons. The lowest BCUT2D eigenvalue weighted by molar-refractivity contribution is -0.155. The van der Waals surface area contributed by atoms with E-state index in [9.17, 15) is 4.79 Å². The van der Waals surface area contributed by atoms with Crippen LogP contribution in [0.15, 0.2) is 0 Å². The first-order valence-corrected chi connectivity index (χ1v) is 7.20. The Hall–Kier alpha value is -0.610. The number of amides is 1. The molecule has 2 unspecified atom stereocenters. The molecule has 2 atom stereocenters. The van der Waals surface area contributed by atoms with Gasteiger partial charge in [0.05, 0.1) is 12.2 Å². The highest BCUT2D eigenvalue weighted by atomic mass is 16.5. The number of carbonyl (C=O) groups is 1. The average molecular weight is 254 g/mol. The lowest BCUT2D eigenvalue weighted by atomic mass is 9.74. The summed E-state index contributed by atoms with van der Waals surface area (Å²) in [6, 6.07) is 0. The van der Waals surface area contributed by atoms with Crippen LogP contribution in [0, 0.1) is 5.41 Å². The zero-order chi connectivity index (χ0) is 13.2. The topological polar surface area (TPSA) is 55.6 Å². The van der Waals surface area contributed by atoms with Crippen molar-refractivity contribution in [3.8, 4) is 0 Å². The number of ether oxygens (including phenoxy) is 1. The Balaban J connectivity index is 2.03. The maximum absolute atomic E-state index is 12.7. The van der Waals surface area contributed by atoms with Crippen LogP contribution in [0.3, 0.4) is 0 Å². The second-order valence-corrected chi connectivity index (χ2v) is 6.14. The minimum absolute atomic E-state index is 0.00453. The number of hydrogen-bond acceptors (Lipinski definition) is 3. The Morgan fingerprint density at radius 1 is 1.33 bits per heavy atom. The molecular weight excluding hydrogens is 228 g/mol. The van der Waals surface area contributed by atoms with Gasteiger partial charge in [-0.15, -0.1) is 0 Å². The molecule has 4 heteroatoms. The quantitative estimate of drug-likeness (QED) is 0.813. The number of nitrogens with zero attached hydrogens (tertiary/aromatic N) is 1. The Kier molecular flexibility index (Phi) is 4.28. The van der Waals surface area contributed by atoms with Gasteiger partial charge in [0.1, 0.15) is 0 Å². The number of nitrogens with two attached hydrogens (primary N) is 1. The molecule has 0 bridgehead atoms. The van der Waals surface area contributed by atoms with Crippen molar-refractivity contribution in [1.82, 2.24) is 4.90 Å². The van der Waals surface area contributed by atoms with E-state index in [1.54, 1.807) is 0 Å². The fraction of sp³-hybridized carbons (Fsp3) is 0.929. The summed E-state index contributed by atoms with van der Waals surface area (Å²) < 4.78 is 5.72. The van der Waals surface area contributed by atoms with Gasteiger partial charge in [0.25, 0.3) is 0 Å². The number of carbonyl (C=O) groups excluding carboxylic acids is 1. The number of morpholine rings is 1. The van der Waals surface area contributed by atoms with E-state index < -0.39 is 0 Å². The molecular formula is C14H26N2O2. The van der Waals surface area contributed by atoms with Crippen molar-refractivity contribution in [2.75, 3.05) is 19.6 Å². The van der Waals surface area contributed by atoms with E-state index >= 15 is 0 Å². The van der Waals surface area contributed by atoms with E-state index in [0.717, 1.165) is 12.8 Å². The minimum Gasteiger partial charge on any atom is -0.370 e. The maximum atomic E-state index is 12.7. The van der Waals surface area contributed by atoms with Crippen molar-refractivity contribution in [3.63, 3.8) is 0 Å². The molecule has 4 nitrogen and oxygen atoms in total. The molecule has 0 aromatic rings. The predicted molar refractivity (Wildman–Crippen MR) is 71.2 cm³/mol. The molecule has 1 amide bonds. The molecule has 1 aliphatic heterocycles. The third-order valence-electron chi connectivity index (χ3n) is 4.35. The summed E-state index contributed by atoms with van der Waals surface area (Å²) in [6.45, 7) is 6.02. The first-order valence-electron chi connectivity index (χ1n) is 7.20. The summed E-state index contributed by atoms with van der Waals surface area (Å²) in [6.07, 6.45) is 5.81. The van der Waals surface area contributed by atoms with Crippen molar-refractivity contribution in [1.29, 1.82) is 0 Å². The average Bonchev–Trinajstić information content (AvgIpc) is 2.38. The van der Waals surface area contributed by atoms with Gasteiger partial charge >= 0.3 is 0 Å². The summed E-state index contributed by atoms with van der Waals surface area (Å²) >= 11 is 0. The van der Waals surface area contributed by atoms with Crippen LogP contribution in [0.25, 0.3) is 0 Å². The number of hydrogen-bond donors (Lipinski definition) is 1. The molecule has 0 radical (unpaired) electrons. The first kappa shape index (κ1) is 13.8. The zero-order valence-corrected chi connectivity index (χ0v) is 11.7. The summed E-state index contributed by atoms with van der Waals surface area (Å²) in [5.74, 6) is 0.316. The van der Waals surface area contributed by atoms with Crippen LogP contribution in [-0.4, -0.2) is 42.6 Å². The molecule has 2 N–H and O–H groups in total. The van der Waals surface area contributed by atoms with Crippen LogP contribution >= 0.6 is 0 Å². The van der Waals surface area contributed by atoms with E-state index in [0.29, 0.717) is 25.5 Å². The van der Waals surface area contributed by atoms with Crippen molar-refractivity contribution in [2.45, 2.75) is 58.2 Å². The van der Waals surface area contributed by atoms with Crippen LogP contribution in [0.1, 0.15) is 46.0 Å². The van der Waals surface area contributed by atoms with Crippen molar-refractivity contribution in [2.24, 2.45) is 11.1 Å². The van der Waals surface area contributed by atoms with Crippen LogP contribution in [-0.2, 0) is 9.53 Å². The predicted octanol–water partition coefficient (Wildman–Crippen LogP) is 1.53. The lowest BCUT2D eigenvalue weighted by Crippen LogP contribution is -2.55. The SMILES string of the molecule is CC1CN(C(=O)C2(C)CCCCC2)CC(CN)O1. The molecule has 0 aromatic heterocycles. The van der Waals surface area contributed by atoms with E-state index in [-0.39, 0.29) is 17.6 Å².